The summed E-state index contributed by atoms with van der Waals surface area (Å²) in [5, 5.41) is 0. The first-order valence-corrected chi connectivity index (χ1v) is 22.8. The molecule has 0 spiro atoms. The van der Waals surface area contributed by atoms with Crippen LogP contribution >= 0.6 is 24.8 Å². The second-order valence-corrected chi connectivity index (χ2v) is 39.5. The maximum atomic E-state index is 2.69. The van der Waals surface area contributed by atoms with Gasteiger partial charge in [-0.2, -0.15) is 0 Å². The average Bonchev–Trinajstić information content (AvgIpc) is 2.91. The SMILES string of the molecule is CC1C=CC(C(C)(C)C)=[C]1[Zr]([CH3])([CH3])(=[SiH2])[C]1=C(C(C)(C)C)C=CC1C.Cl.Cl. The molecular formula is C22H40Cl2SiZr. The van der Waals surface area contributed by atoms with Crippen LogP contribution < -0.4 is 0 Å². The first kappa shape index (κ1) is 26.6. The van der Waals surface area contributed by atoms with Crippen LogP contribution in [0.5, 0.6) is 0 Å². The van der Waals surface area contributed by atoms with Crippen molar-refractivity contribution >= 4 is 31.7 Å². The van der Waals surface area contributed by atoms with Gasteiger partial charge in [0.1, 0.15) is 0 Å². The van der Waals surface area contributed by atoms with Crippen molar-refractivity contribution in [3.05, 3.63) is 42.0 Å². The molecule has 0 N–H and O–H groups in total. The second-order valence-electron chi connectivity index (χ2n) is 11.1. The molecule has 0 radical (unpaired) electrons. The normalized spacial score (nSPS) is 24.1. The maximum Gasteiger partial charge on any atom is -0.147 e. The van der Waals surface area contributed by atoms with Gasteiger partial charge in [-0.3, -0.25) is 0 Å². The fraction of sp³-hybridized carbons (Fsp3) is 0.636. The molecule has 2 aliphatic carbocycles. The number of hydrogen-bond donors (Lipinski definition) is 0. The molecule has 0 aromatic rings. The third-order valence-electron chi connectivity index (χ3n) is 5.94. The molecule has 2 rings (SSSR count). The Balaban J connectivity index is 0.00000312. The van der Waals surface area contributed by atoms with Gasteiger partial charge in [-0.1, -0.05) is 0 Å². The molecule has 2 aliphatic rings. The van der Waals surface area contributed by atoms with Gasteiger partial charge in [0.05, 0.1) is 0 Å². The van der Waals surface area contributed by atoms with Gasteiger partial charge in [0.15, 0.2) is 0 Å². The second kappa shape index (κ2) is 7.81. The van der Waals surface area contributed by atoms with E-state index in [1.165, 1.54) is 0 Å². The maximum absolute atomic E-state index is 3.23. The molecule has 0 aliphatic heterocycles. The van der Waals surface area contributed by atoms with Crippen LogP contribution in [0.15, 0.2) is 42.0 Å². The number of halogens is 2. The molecule has 0 heterocycles. The van der Waals surface area contributed by atoms with Crippen molar-refractivity contribution in [2.75, 3.05) is 0 Å². The molecule has 0 nitrogen and oxygen atoms in total. The van der Waals surface area contributed by atoms with E-state index in [1.807, 2.05) is 6.56 Å². The summed E-state index contributed by atoms with van der Waals surface area (Å²) in [4.78, 5) is 0. The summed E-state index contributed by atoms with van der Waals surface area (Å²) < 4.78 is 9.04. The molecule has 26 heavy (non-hydrogen) atoms. The summed E-state index contributed by atoms with van der Waals surface area (Å²) in [7, 11) is 0. The van der Waals surface area contributed by atoms with Crippen molar-refractivity contribution in [3.63, 3.8) is 0 Å². The Hall–Kier alpha value is 0.640. The van der Waals surface area contributed by atoms with E-state index in [0.717, 1.165) is 0 Å². The van der Waals surface area contributed by atoms with Crippen LogP contribution in [-0.4, -0.2) is 6.88 Å². The van der Waals surface area contributed by atoms with Gasteiger partial charge in [-0.15, -0.1) is 24.8 Å². The molecule has 150 valence electrons. The monoisotopic (exact) mass is 492 g/mol. The van der Waals surface area contributed by atoms with E-state index in [0.29, 0.717) is 11.8 Å². The topological polar surface area (TPSA) is 0 Å². The zero-order chi connectivity index (χ0) is 18.7. The Bertz CT molecular complexity index is 688. The third kappa shape index (κ3) is 4.61. The van der Waals surface area contributed by atoms with Crippen molar-refractivity contribution < 1.29 is 17.4 Å². The zero-order valence-corrected chi connectivity index (χ0v) is 24.0. The van der Waals surface area contributed by atoms with Crippen LogP contribution in [0.4, 0.5) is 0 Å². The van der Waals surface area contributed by atoms with Crippen LogP contribution in [0.1, 0.15) is 55.4 Å². The molecule has 0 aromatic heterocycles. The van der Waals surface area contributed by atoms with Gasteiger partial charge >= 0.3 is 154 Å². The van der Waals surface area contributed by atoms with Gasteiger partial charge in [-0.25, -0.2) is 0 Å². The van der Waals surface area contributed by atoms with Crippen molar-refractivity contribution in [3.8, 4) is 0 Å². The van der Waals surface area contributed by atoms with Crippen LogP contribution in [0.2, 0.25) is 9.26 Å². The van der Waals surface area contributed by atoms with Crippen molar-refractivity contribution in [2.45, 2.75) is 64.7 Å². The van der Waals surface area contributed by atoms with Crippen LogP contribution in [-0.2, 0) is 17.4 Å². The summed E-state index contributed by atoms with van der Waals surface area (Å²) >= 11 is -3.23. The molecule has 2 unspecified atom stereocenters. The van der Waals surface area contributed by atoms with Crippen molar-refractivity contribution in [2.24, 2.45) is 22.7 Å². The number of allylic oxidation sites excluding steroid dienone is 8. The van der Waals surface area contributed by atoms with Crippen LogP contribution in [0.3, 0.4) is 0 Å². The fourth-order valence-corrected chi connectivity index (χ4v) is 26.0. The summed E-state index contributed by atoms with van der Waals surface area (Å²) in [5.41, 5.74) is 3.72. The quantitative estimate of drug-likeness (QED) is 0.357. The van der Waals surface area contributed by atoms with Crippen molar-refractivity contribution in [1.29, 1.82) is 0 Å². The Morgan fingerprint density at radius 1 is 0.731 bits per heavy atom. The predicted octanol–water partition coefficient (Wildman–Crippen LogP) is 7.18. The summed E-state index contributed by atoms with van der Waals surface area (Å²) in [6.45, 7) is 21.5. The minimum absolute atomic E-state index is 0. The van der Waals surface area contributed by atoms with Gasteiger partial charge in [-0.05, 0) is 0 Å². The first-order chi connectivity index (χ1) is 10.6. The summed E-state index contributed by atoms with van der Waals surface area (Å²) in [6, 6.07) is 0. The van der Waals surface area contributed by atoms with E-state index in [-0.39, 0.29) is 35.6 Å². The fourth-order valence-electron chi connectivity index (χ4n) is 5.12. The Morgan fingerprint density at radius 2 is 1.00 bits per heavy atom. The van der Waals surface area contributed by atoms with Gasteiger partial charge in [0, 0.05) is 0 Å². The smallest absolute Gasteiger partial charge is 0.147 e. The van der Waals surface area contributed by atoms with Gasteiger partial charge in [0.2, 0.25) is 0 Å². The molecule has 0 aromatic carbocycles. The van der Waals surface area contributed by atoms with E-state index in [9.17, 15) is 0 Å². The molecule has 0 bridgehead atoms. The summed E-state index contributed by atoms with van der Waals surface area (Å²) in [5.74, 6) is 1.19. The molecular weight excluding hydrogens is 454 g/mol. The molecule has 0 fully saturated rings. The van der Waals surface area contributed by atoms with Crippen LogP contribution in [0, 0.1) is 22.7 Å². The predicted molar refractivity (Wildman–Crippen MR) is 124 cm³/mol. The average molecular weight is 495 g/mol. The Kier molecular flexibility index (Phi) is 8.00. The largest absolute Gasteiger partial charge is 0.147 e. The minimum atomic E-state index is -3.23. The number of hydrogen-bond acceptors (Lipinski definition) is 0. The Labute approximate surface area is 177 Å². The van der Waals surface area contributed by atoms with E-state index < -0.39 is 17.4 Å². The van der Waals surface area contributed by atoms with Crippen LogP contribution in [0.25, 0.3) is 0 Å². The first-order valence-electron chi connectivity index (χ1n) is 9.50. The number of rotatable bonds is 2. The Morgan fingerprint density at radius 3 is 1.23 bits per heavy atom. The summed E-state index contributed by atoms with van der Waals surface area (Å²) in [6.07, 6.45) is 9.79. The van der Waals surface area contributed by atoms with Gasteiger partial charge < -0.3 is 0 Å². The van der Waals surface area contributed by atoms with E-state index in [1.54, 1.807) is 11.1 Å². The van der Waals surface area contributed by atoms with Gasteiger partial charge in [0.25, 0.3) is 0 Å². The third-order valence-corrected chi connectivity index (χ3v) is 22.5. The molecule has 4 heteroatoms. The van der Waals surface area contributed by atoms with Crippen molar-refractivity contribution in [1.82, 2.24) is 0 Å². The standard InChI is InChI=1S/2C10H15.2CH3.2ClH.H2Si.Zr/c2*1-8-5-6-9(7-8)10(2,3)4;;;;;;/h2*5-6,8H,1-4H3;2*1H3;2*1H;1H2;. The molecule has 0 amide bonds. The molecule has 0 saturated heterocycles. The van der Waals surface area contributed by atoms with E-state index >= 15 is 0 Å². The van der Waals surface area contributed by atoms with E-state index in [4.69, 9.17) is 0 Å². The van der Waals surface area contributed by atoms with E-state index in [2.05, 4.69) is 95.8 Å². The molecule has 0 saturated carbocycles. The zero-order valence-electron chi connectivity index (χ0n) is 18.5. The minimum Gasteiger partial charge on any atom is -0.147 e. The molecule has 2 atom stereocenters.